The molecule has 0 spiro atoms. The Hall–Kier alpha value is -0.910. The quantitative estimate of drug-likeness (QED) is 0.498. The summed E-state index contributed by atoms with van der Waals surface area (Å²) >= 11 is 0. The third-order valence-electron chi connectivity index (χ3n) is 2.99. The Bertz CT molecular complexity index is 360. The highest BCUT2D eigenvalue weighted by Gasteiger charge is 2.47. The summed E-state index contributed by atoms with van der Waals surface area (Å²) in [6.07, 6.45) is -0.0616. The number of methoxy groups -OCH3 is 2. The molecule has 0 aromatic heterocycles. The van der Waals surface area contributed by atoms with Crippen LogP contribution in [0.1, 0.15) is 26.2 Å². The van der Waals surface area contributed by atoms with Gasteiger partial charge in [-0.25, -0.2) is 0 Å². The summed E-state index contributed by atoms with van der Waals surface area (Å²) in [5.41, 5.74) is 0. The zero-order valence-corrected chi connectivity index (χ0v) is 12.8. The van der Waals surface area contributed by atoms with Gasteiger partial charge >= 0.3 is 19.5 Å². The molecule has 1 atom stereocenters. The maximum atomic E-state index is 12.5. The highest BCUT2D eigenvalue weighted by molar-refractivity contribution is 7.55. The van der Waals surface area contributed by atoms with Gasteiger partial charge in [0, 0.05) is 20.6 Å². The van der Waals surface area contributed by atoms with Gasteiger partial charge in [-0.05, 0) is 13.3 Å². The lowest BCUT2D eigenvalue weighted by Crippen LogP contribution is -2.31. The summed E-state index contributed by atoms with van der Waals surface area (Å²) in [7, 11) is 1.41. The molecule has 0 aromatic rings. The van der Waals surface area contributed by atoms with Crippen LogP contribution in [0.15, 0.2) is 0 Å². The minimum Gasteiger partial charge on any atom is -0.469 e. The Morgan fingerprint density at radius 1 is 1.00 bits per heavy atom. The number of hydrogen-bond donors (Lipinski definition) is 0. The van der Waals surface area contributed by atoms with E-state index in [1.165, 1.54) is 28.4 Å². The second-order valence-corrected chi connectivity index (χ2v) is 6.99. The average molecular weight is 296 g/mol. The van der Waals surface area contributed by atoms with Gasteiger partial charge in [-0.15, -0.1) is 0 Å². The zero-order valence-electron chi connectivity index (χ0n) is 11.9. The summed E-state index contributed by atoms with van der Waals surface area (Å²) < 4.78 is 31.5. The number of carbonyl (C=O) groups excluding carboxylic acids is 2. The van der Waals surface area contributed by atoms with E-state index in [1.807, 2.05) is 0 Å². The van der Waals surface area contributed by atoms with Crippen LogP contribution in [0.3, 0.4) is 0 Å². The van der Waals surface area contributed by atoms with Gasteiger partial charge in [0.05, 0.1) is 25.8 Å². The van der Waals surface area contributed by atoms with Crippen LogP contribution in [-0.2, 0) is 32.7 Å². The molecular weight excluding hydrogens is 275 g/mol. The largest absolute Gasteiger partial charge is 0.469 e. The SMILES string of the molecule is COC(=O)CCC(C)(CC(=O)OC)P(=O)(OC)OC. The van der Waals surface area contributed by atoms with Crippen molar-refractivity contribution >= 4 is 19.5 Å². The van der Waals surface area contributed by atoms with Gasteiger partial charge in [-0.1, -0.05) is 0 Å². The lowest BCUT2D eigenvalue weighted by Gasteiger charge is -2.33. The van der Waals surface area contributed by atoms with Crippen LogP contribution in [0, 0.1) is 0 Å². The van der Waals surface area contributed by atoms with E-state index in [2.05, 4.69) is 9.47 Å². The molecule has 0 aromatic carbocycles. The first-order valence-corrected chi connectivity index (χ1v) is 7.18. The van der Waals surface area contributed by atoms with Gasteiger partial charge in [0.15, 0.2) is 0 Å². The highest BCUT2D eigenvalue weighted by atomic mass is 31.2. The highest BCUT2D eigenvalue weighted by Crippen LogP contribution is 2.62. The molecule has 19 heavy (non-hydrogen) atoms. The standard InChI is InChI=1S/C11H21O7P/c1-11(8-10(13)16-3,7-6-9(12)15-2)19(14,17-4)18-5/h6-8H2,1-5H3. The molecule has 7 nitrogen and oxygen atoms in total. The third kappa shape index (κ3) is 4.60. The smallest absolute Gasteiger partial charge is 0.336 e. The van der Waals surface area contributed by atoms with Crippen LogP contribution in [0.5, 0.6) is 0 Å². The molecule has 0 amide bonds. The predicted molar refractivity (Wildman–Crippen MR) is 67.9 cm³/mol. The van der Waals surface area contributed by atoms with Crippen molar-refractivity contribution in [1.29, 1.82) is 0 Å². The van der Waals surface area contributed by atoms with Crippen molar-refractivity contribution in [2.24, 2.45) is 0 Å². The summed E-state index contributed by atoms with van der Waals surface area (Å²) in [5.74, 6) is -1.02. The first kappa shape index (κ1) is 18.1. The van der Waals surface area contributed by atoms with Crippen LogP contribution in [0.25, 0.3) is 0 Å². The number of carbonyl (C=O) groups is 2. The Morgan fingerprint density at radius 2 is 1.47 bits per heavy atom. The van der Waals surface area contributed by atoms with E-state index < -0.39 is 24.7 Å². The molecule has 0 radical (unpaired) electrons. The van der Waals surface area contributed by atoms with E-state index >= 15 is 0 Å². The molecule has 0 fully saturated rings. The fraction of sp³-hybridized carbons (Fsp3) is 0.818. The van der Waals surface area contributed by atoms with Gasteiger partial charge in [0.1, 0.15) is 0 Å². The van der Waals surface area contributed by atoms with Crippen molar-refractivity contribution in [3.05, 3.63) is 0 Å². The molecule has 0 saturated heterocycles. The number of hydrogen-bond acceptors (Lipinski definition) is 7. The predicted octanol–water partition coefficient (Wildman–Crippen LogP) is 1.75. The van der Waals surface area contributed by atoms with Gasteiger partial charge in [-0.2, -0.15) is 0 Å². The van der Waals surface area contributed by atoms with E-state index in [9.17, 15) is 14.2 Å². The minimum atomic E-state index is -3.55. The molecule has 0 rings (SSSR count). The Kier molecular flexibility index (Phi) is 7.26. The van der Waals surface area contributed by atoms with Crippen LogP contribution >= 0.6 is 7.60 Å². The second-order valence-electron chi connectivity index (χ2n) is 4.19. The van der Waals surface area contributed by atoms with Crippen molar-refractivity contribution in [1.82, 2.24) is 0 Å². The first-order chi connectivity index (χ1) is 8.78. The van der Waals surface area contributed by atoms with Crippen LogP contribution in [-0.4, -0.2) is 45.5 Å². The van der Waals surface area contributed by atoms with Gasteiger partial charge in [0.2, 0.25) is 0 Å². The van der Waals surface area contributed by atoms with Gasteiger partial charge in [0.25, 0.3) is 0 Å². The third-order valence-corrected chi connectivity index (χ3v) is 5.66. The van der Waals surface area contributed by atoms with Crippen molar-refractivity contribution in [2.75, 3.05) is 28.4 Å². The average Bonchev–Trinajstić information content (AvgIpc) is 2.43. The Labute approximate surface area is 113 Å². The molecule has 0 saturated carbocycles. The maximum Gasteiger partial charge on any atom is 0.336 e. The van der Waals surface area contributed by atoms with Crippen LogP contribution in [0.2, 0.25) is 0 Å². The van der Waals surface area contributed by atoms with Crippen molar-refractivity contribution in [3.8, 4) is 0 Å². The lowest BCUT2D eigenvalue weighted by atomic mass is 10.0. The van der Waals surface area contributed by atoms with Crippen molar-refractivity contribution in [3.63, 3.8) is 0 Å². The van der Waals surface area contributed by atoms with E-state index in [1.54, 1.807) is 6.92 Å². The van der Waals surface area contributed by atoms with Crippen LogP contribution < -0.4 is 0 Å². The van der Waals surface area contributed by atoms with E-state index in [0.717, 1.165) is 0 Å². The molecule has 0 aliphatic heterocycles. The summed E-state index contributed by atoms with van der Waals surface area (Å²) in [4.78, 5) is 22.7. The summed E-state index contributed by atoms with van der Waals surface area (Å²) in [6, 6.07) is 0. The summed E-state index contributed by atoms with van der Waals surface area (Å²) in [6.45, 7) is 1.56. The molecule has 112 valence electrons. The monoisotopic (exact) mass is 296 g/mol. The topological polar surface area (TPSA) is 88.1 Å². The van der Waals surface area contributed by atoms with E-state index in [-0.39, 0.29) is 19.3 Å². The normalized spacial score (nSPS) is 14.6. The fourth-order valence-electron chi connectivity index (χ4n) is 1.69. The summed E-state index contributed by atoms with van der Waals surface area (Å²) in [5, 5.41) is -1.15. The van der Waals surface area contributed by atoms with Gasteiger partial charge < -0.3 is 18.5 Å². The molecule has 8 heteroatoms. The Morgan fingerprint density at radius 3 is 1.84 bits per heavy atom. The molecule has 0 bridgehead atoms. The van der Waals surface area contributed by atoms with Crippen LogP contribution in [0.4, 0.5) is 0 Å². The molecule has 0 heterocycles. The van der Waals surface area contributed by atoms with Crippen molar-refractivity contribution in [2.45, 2.75) is 31.3 Å². The molecule has 1 unspecified atom stereocenters. The first-order valence-electron chi connectivity index (χ1n) is 5.64. The molecule has 0 N–H and O–H groups in total. The fourth-order valence-corrected chi connectivity index (χ4v) is 3.43. The van der Waals surface area contributed by atoms with E-state index in [4.69, 9.17) is 9.05 Å². The molecule has 0 aliphatic carbocycles. The Balaban J connectivity index is 5.17. The maximum absolute atomic E-state index is 12.5. The minimum absolute atomic E-state index is 0.000699. The number of esters is 2. The van der Waals surface area contributed by atoms with E-state index in [0.29, 0.717) is 0 Å². The number of ether oxygens (including phenoxy) is 2. The van der Waals surface area contributed by atoms with Gasteiger partial charge in [-0.3, -0.25) is 14.2 Å². The lowest BCUT2D eigenvalue weighted by molar-refractivity contribution is -0.143. The van der Waals surface area contributed by atoms with Crippen molar-refractivity contribution < 1.29 is 32.7 Å². The zero-order chi connectivity index (χ0) is 15.1. The number of rotatable bonds is 8. The molecule has 0 aliphatic rings. The second kappa shape index (κ2) is 7.62. The molecular formula is C11H21O7P.